The van der Waals surface area contributed by atoms with Gasteiger partial charge in [-0.2, -0.15) is 22.7 Å². The zero-order chi connectivity index (χ0) is 23.0. The Bertz CT molecular complexity index is 1110. The van der Waals surface area contributed by atoms with Crippen molar-refractivity contribution in [3.8, 4) is 11.8 Å². The van der Waals surface area contributed by atoms with Gasteiger partial charge >= 0.3 is 6.18 Å². The summed E-state index contributed by atoms with van der Waals surface area (Å²) in [6, 6.07) is 9.96. The first-order valence-corrected chi connectivity index (χ1v) is 10.5. The summed E-state index contributed by atoms with van der Waals surface area (Å²) in [4.78, 5) is -0.626. The molecule has 11 heteroatoms. The van der Waals surface area contributed by atoms with Crippen molar-refractivity contribution in [3.63, 3.8) is 0 Å². The molecule has 2 aromatic rings. The van der Waals surface area contributed by atoms with Crippen LogP contribution >= 0.6 is 0 Å². The maximum atomic E-state index is 13.1. The zero-order valence-electron chi connectivity index (χ0n) is 16.3. The van der Waals surface area contributed by atoms with E-state index in [1.165, 1.54) is 6.07 Å². The third kappa shape index (κ3) is 4.52. The van der Waals surface area contributed by atoms with Gasteiger partial charge in [-0.25, -0.2) is 8.42 Å². The number of nitriles is 1. The number of nitrogens with zero attached hydrogens (tertiary/aromatic N) is 2. The fourth-order valence-electron chi connectivity index (χ4n) is 3.25. The predicted octanol–water partition coefficient (Wildman–Crippen LogP) is 2.06. The van der Waals surface area contributed by atoms with Crippen LogP contribution in [0.5, 0.6) is 5.75 Å². The van der Waals surface area contributed by atoms with E-state index in [-0.39, 0.29) is 6.54 Å². The summed E-state index contributed by atoms with van der Waals surface area (Å²) in [5, 5.41) is 29.6. The molecule has 31 heavy (non-hydrogen) atoms. The lowest BCUT2D eigenvalue weighted by molar-refractivity contribution is -0.137. The number of hydrogen-bond donors (Lipinski definition) is 2. The highest BCUT2D eigenvalue weighted by Crippen LogP contribution is 2.35. The van der Waals surface area contributed by atoms with Crippen molar-refractivity contribution < 1.29 is 36.5 Å². The maximum Gasteiger partial charge on any atom is 0.416 e. The molecule has 1 saturated heterocycles. The highest BCUT2D eigenvalue weighted by molar-refractivity contribution is 7.89. The summed E-state index contributed by atoms with van der Waals surface area (Å²) >= 11 is 0. The lowest BCUT2D eigenvalue weighted by Crippen LogP contribution is -2.48. The number of ether oxygens (including phenoxy) is 1. The highest BCUT2D eigenvalue weighted by Gasteiger charge is 2.51. The number of sulfonamides is 1. The largest absolute Gasteiger partial charge is 0.486 e. The molecular weight excluding hydrogens is 437 g/mol. The summed E-state index contributed by atoms with van der Waals surface area (Å²) in [6.07, 6.45) is -5.89. The van der Waals surface area contributed by atoms with Gasteiger partial charge in [0.15, 0.2) is 0 Å². The molecule has 1 fully saturated rings. The summed E-state index contributed by atoms with van der Waals surface area (Å²) in [7, 11) is -4.46. The number of aliphatic hydroxyl groups is 2. The fourth-order valence-corrected chi connectivity index (χ4v) is 4.87. The molecule has 2 atom stereocenters. The zero-order valence-corrected chi connectivity index (χ0v) is 17.1. The van der Waals surface area contributed by atoms with E-state index in [1.807, 2.05) is 6.92 Å². The first-order chi connectivity index (χ1) is 14.4. The topological polar surface area (TPSA) is 111 Å². The van der Waals surface area contributed by atoms with Gasteiger partial charge in [0, 0.05) is 6.54 Å². The molecule has 0 aliphatic carbocycles. The minimum absolute atomic E-state index is 0.342. The second kappa shape index (κ2) is 8.12. The van der Waals surface area contributed by atoms with Gasteiger partial charge in [-0.15, -0.1) is 0 Å². The molecule has 166 valence electrons. The quantitative estimate of drug-likeness (QED) is 0.713. The summed E-state index contributed by atoms with van der Waals surface area (Å²) in [5.41, 5.74) is -2.83. The lowest BCUT2D eigenvalue weighted by atomic mass is 10.0. The number of hydrogen-bond acceptors (Lipinski definition) is 6. The summed E-state index contributed by atoms with van der Waals surface area (Å²) < 4.78 is 71.4. The van der Waals surface area contributed by atoms with E-state index in [0.29, 0.717) is 23.9 Å². The molecule has 0 saturated carbocycles. The van der Waals surface area contributed by atoms with Crippen LogP contribution in [0.3, 0.4) is 0 Å². The third-order valence-electron chi connectivity index (χ3n) is 5.04. The van der Waals surface area contributed by atoms with Crippen molar-refractivity contribution in [2.45, 2.75) is 29.7 Å². The molecule has 0 amide bonds. The molecule has 1 aliphatic rings. The molecule has 0 spiro atoms. The highest BCUT2D eigenvalue weighted by atomic mass is 32.2. The number of benzene rings is 2. The Balaban J connectivity index is 1.93. The van der Waals surface area contributed by atoms with E-state index in [2.05, 4.69) is 0 Å². The van der Waals surface area contributed by atoms with Crippen molar-refractivity contribution in [2.24, 2.45) is 0 Å². The Morgan fingerprint density at radius 3 is 2.45 bits per heavy atom. The van der Waals surface area contributed by atoms with Crippen LogP contribution in [-0.4, -0.2) is 54.3 Å². The summed E-state index contributed by atoms with van der Waals surface area (Å²) in [6.45, 7) is 0.107. The number of aryl methyl sites for hydroxylation is 1. The average molecular weight is 456 g/mol. The van der Waals surface area contributed by atoms with Crippen molar-refractivity contribution in [2.75, 3.05) is 19.7 Å². The molecule has 0 bridgehead atoms. The van der Waals surface area contributed by atoms with Gasteiger partial charge in [0.2, 0.25) is 10.0 Å². The van der Waals surface area contributed by atoms with E-state index in [1.54, 1.807) is 24.3 Å². The first-order valence-electron chi connectivity index (χ1n) is 9.09. The molecule has 2 N–H and O–H groups in total. The van der Waals surface area contributed by atoms with Crippen LogP contribution < -0.4 is 4.74 Å². The van der Waals surface area contributed by atoms with Crippen LogP contribution in [0, 0.1) is 18.3 Å². The van der Waals surface area contributed by atoms with Crippen LogP contribution in [-0.2, 0) is 16.2 Å². The normalized spacial score (nSPS) is 22.3. The Morgan fingerprint density at radius 1 is 1.26 bits per heavy atom. The second-order valence-corrected chi connectivity index (χ2v) is 9.21. The Kier molecular flexibility index (Phi) is 6.03. The molecule has 1 aliphatic heterocycles. The Hall–Kier alpha value is -2.65. The van der Waals surface area contributed by atoms with E-state index in [0.717, 1.165) is 9.87 Å². The molecule has 0 radical (unpaired) electrons. The fraction of sp³-hybridized carbons (Fsp3) is 0.350. The molecule has 0 aromatic heterocycles. The first kappa shape index (κ1) is 23.0. The van der Waals surface area contributed by atoms with E-state index in [4.69, 9.17) is 4.74 Å². The molecule has 1 heterocycles. The predicted molar refractivity (Wildman–Crippen MR) is 103 cm³/mol. The van der Waals surface area contributed by atoms with Gasteiger partial charge < -0.3 is 14.9 Å². The smallest absolute Gasteiger partial charge is 0.416 e. The van der Waals surface area contributed by atoms with Gasteiger partial charge in [-0.3, -0.25) is 0 Å². The maximum absolute atomic E-state index is 13.1. The minimum Gasteiger partial charge on any atom is -0.486 e. The van der Waals surface area contributed by atoms with Gasteiger partial charge in [0.1, 0.15) is 23.5 Å². The van der Waals surface area contributed by atoms with Gasteiger partial charge in [-0.1, -0.05) is 17.7 Å². The Labute approximate surface area is 177 Å². The number of alkyl halides is 3. The standard InChI is InChI=1S/C20H19F3N2O5S/c1-13-2-5-16(6-3-13)30-18-10-25(11-19(18,27)12-26)31(28,29)17-7-4-15(20(21,22)23)8-14(17)9-24/h2-8,18,26-27H,10-12H2,1H3/t18?,19-/m1/s1. The van der Waals surface area contributed by atoms with Crippen LogP contribution in [0.2, 0.25) is 0 Å². The van der Waals surface area contributed by atoms with E-state index >= 15 is 0 Å². The second-order valence-electron chi connectivity index (χ2n) is 7.30. The molecule has 3 rings (SSSR count). The van der Waals surface area contributed by atoms with Crippen molar-refractivity contribution in [3.05, 3.63) is 59.2 Å². The number of halogens is 3. The van der Waals surface area contributed by atoms with Crippen LogP contribution in [0.15, 0.2) is 47.4 Å². The number of β-amino-alcohol motifs (C(OH)–C–C–N with tert-alkyl or cyclic N) is 1. The monoisotopic (exact) mass is 456 g/mol. The van der Waals surface area contributed by atoms with Gasteiger partial charge in [-0.05, 0) is 37.3 Å². The SMILES string of the molecule is Cc1ccc(OC2CN(S(=O)(=O)c3ccc(C(F)(F)F)cc3C#N)C[C@@]2(O)CO)cc1. The van der Waals surface area contributed by atoms with Crippen molar-refractivity contribution in [1.29, 1.82) is 5.26 Å². The minimum atomic E-state index is -4.74. The van der Waals surface area contributed by atoms with Crippen LogP contribution in [0.1, 0.15) is 16.7 Å². The Morgan fingerprint density at radius 2 is 1.90 bits per heavy atom. The molecule has 2 aromatic carbocycles. The lowest BCUT2D eigenvalue weighted by Gasteiger charge is -2.27. The van der Waals surface area contributed by atoms with Crippen molar-refractivity contribution in [1.82, 2.24) is 4.31 Å². The van der Waals surface area contributed by atoms with E-state index < -0.39 is 57.1 Å². The van der Waals surface area contributed by atoms with Gasteiger partial charge in [0.05, 0.1) is 29.2 Å². The molecular formula is C20H19F3N2O5S. The van der Waals surface area contributed by atoms with E-state index in [9.17, 15) is 37.1 Å². The van der Waals surface area contributed by atoms with Crippen molar-refractivity contribution >= 4 is 10.0 Å². The summed E-state index contributed by atoms with van der Waals surface area (Å²) in [5.74, 6) is 0.342. The number of aliphatic hydroxyl groups excluding tert-OH is 1. The molecule has 1 unspecified atom stereocenters. The van der Waals surface area contributed by atoms with Crippen LogP contribution in [0.4, 0.5) is 13.2 Å². The van der Waals surface area contributed by atoms with Crippen LogP contribution in [0.25, 0.3) is 0 Å². The average Bonchev–Trinajstić information content (AvgIpc) is 3.06. The molecule has 7 nitrogen and oxygen atoms in total. The number of rotatable bonds is 5. The van der Waals surface area contributed by atoms with Gasteiger partial charge in [0.25, 0.3) is 0 Å². The third-order valence-corrected chi connectivity index (χ3v) is 6.91.